The minimum Gasteiger partial charge on any atom is -0.370 e. The van der Waals surface area contributed by atoms with E-state index in [0.29, 0.717) is 11.3 Å². The Labute approximate surface area is 150 Å². The lowest BCUT2D eigenvalue weighted by atomic mass is 10.1. The van der Waals surface area contributed by atoms with E-state index < -0.39 is 0 Å². The third kappa shape index (κ3) is 3.24. The van der Waals surface area contributed by atoms with Crippen molar-refractivity contribution in [3.63, 3.8) is 0 Å². The summed E-state index contributed by atoms with van der Waals surface area (Å²) in [4.78, 5) is 31.4. The normalized spacial score (nSPS) is 14.7. The van der Waals surface area contributed by atoms with E-state index in [1.165, 1.54) is 21.6 Å². The minimum absolute atomic E-state index is 0.164. The lowest BCUT2D eigenvalue weighted by Crippen LogP contribution is -2.32. The van der Waals surface area contributed by atoms with Gasteiger partial charge in [0.1, 0.15) is 5.65 Å². The Bertz CT molecular complexity index is 1060. The zero-order valence-corrected chi connectivity index (χ0v) is 14.8. The highest BCUT2D eigenvalue weighted by Crippen LogP contribution is 2.16. The number of fused-ring (bicyclic) bond motifs is 1. The summed E-state index contributed by atoms with van der Waals surface area (Å²) in [7, 11) is 0. The fourth-order valence-corrected chi connectivity index (χ4v) is 3.36. The standard InChI is InChI=1S/C19H21N5O2/c1-14-5-8-23-17(9-14)21-15(10-18(23)25)13-24-19(26)11-16(12-20-24)22-6-3-2-4-7-22/h5,8-12H,2-4,6-7,13H2,1H3. The van der Waals surface area contributed by atoms with Crippen molar-refractivity contribution < 1.29 is 0 Å². The maximum atomic E-state index is 12.5. The molecule has 4 heterocycles. The van der Waals surface area contributed by atoms with Gasteiger partial charge in [0.05, 0.1) is 24.1 Å². The second-order valence-electron chi connectivity index (χ2n) is 6.78. The quantitative estimate of drug-likeness (QED) is 0.717. The molecule has 26 heavy (non-hydrogen) atoms. The van der Waals surface area contributed by atoms with Crippen molar-refractivity contribution in [2.75, 3.05) is 18.0 Å². The van der Waals surface area contributed by atoms with Gasteiger partial charge in [-0.1, -0.05) is 0 Å². The molecule has 3 aromatic rings. The first kappa shape index (κ1) is 16.5. The summed E-state index contributed by atoms with van der Waals surface area (Å²) < 4.78 is 2.84. The van der Waals surface area contributed by atoms with Gasteiger partial charge in [0, 0.05) is 31.4 Å². The van der Waals surface area contributed by atoms with E-state index in [4.69, 9.17) is 0 Å². The van der Waals surface area contributed by atoms with Gasteiger partial charge in [0.15, 0.2) is 0 Å². The third-order valence-electron chi connectivity index (χ3n) is 4.76. The van der Waals surface area contributed by atoms with E-state index >= 15 is 0 Å². The first-order valence-corrected chi connectivity index (χ1v) is 8.91. The zero-order chi connectivity index (χ0) is 18.1. The maximum absolute atomic E-state index is 12.5. The highest BCUT2D eigenvalue weighted by atomic mass is 16.1. The molecular formula is C19H21N5O2. The molecule has 0 aliphatic carbocycles. The molecule has 3 aromatic heterocycles. The topological polar surface area (TPSA) is 72.5 Å². The predicted molar refractivity (Wildman–Crippen MR) is 99.9 cm³/mol. The van der Waals surface area contributed by atoms with Crippen molar-refractivity contribution in [3.8, 4) is 0 Å². The van der Waals surface area contributed by atoms with E-state index in [2.05, 4.69) is 15.0 Å². The summed E-state index contributed by atoms with van der Waals surface area (Å²) in [6, 6.07) is 6.78. The molecule has 0 radical (unpaired) electrons. The summed E-state index contributed by atoms with van der Waals surface area (Å²) >= 11 is 0. The molecule has 1 fully saturated rings. The predicted octanol–water partition coefficient (Wildman–Crippen LogP) is 1.60. The molecule has 0 bridgehead atoms. The average molecular weight is 351 g/mol. The number of piperidine rings is 1. The summed E-state index contributed by atoms with van der Waals surface area (Å²) in [6.45, 7) is 4.06. The second kappa shape index (κ2) is 6.74. The summed E-state index contributed by atoms with van der Waals surface area (Å²) in [5.41, 5.74) is 2.65. The zero-order valence-electron chi connectivity index (χ0n) is 14.8. The Kier molecular flexibility index (Phi) is 4.28. The Morgan fingerprint density at radius 3 is 2.62 bits per heavy atom. The molecule has 1 saturated heterocycles. The first-order chi connectivity index (χ1) is 12.6. The van der Waals surface area contributed by atoms with Crippen LogP contribution in [0.5, 0.6) is 0 Å². The van der Waals surface area contributed by atoms with E-state index in [0.717, 1.165) is 37.2 Å². The second-order valence-corrected chi connectivity index (χ2v) is 6.78. The van der Waals surface area contributed by atoms with Gasteiger partial charge in [0.25, 0.3) is 11.1 Å². The van der Waals surface area contributed by atoms with Crippen LogP contribution in [0.25, 0.3) is 5.65 Å². The van der Waals surface area contributed by atoms with Crippen LogP contribution in [0.1, 0.15) is 30.5 Å². The molecule has 0 unspecified atom stereocenters. The fourth-order valence-electron chi connectivity index (χ4n) is 3.36. The van der Waals surface area contributed by atoms with Crippen LogP contribution in [0, 0.1) is 6.92 Å². The third-order valence-corrected chi connectivity index (χ3v) is 4.76. The largest absolute Gasteiger partial charge is 0.370 e. The lowest BCUT2D eigenvalue weighted by Gasteiger charge is -2.28. The van der Waals surface area contributed by atoms with Gasteiger partial charge in [-0.05, 0) is 43.9 Å². The van der Waals surface area contributed by atoms with E-state index in [1.807, 2.05) is 19.1 Å². The Morgan fingerprint density at radius 1 is 1.04 bits per heavy atom. The van der Waals surface area contributed by atoms with Crippen molar-refractivity contribution in [2.24, 2.45) is 0 Å². The number of nitrogens with zero attached hydrogens (tertiary/aromatic N) is 5. The molecule has 1 aliphatic heterocycles. The van der Waals surface area contributed by atoms with E-state index in [9.17, 15) is 9.59 Å². The molecule has 0 atom stereocenters. The van der Waals surface area contributed by atoms with Gasteiger partial charge in [-0.2, -0.15) is 5.10 Å². The number of aromatic nitrogens is 4. The van der Waals surface area contributed by atoms with Crippen LogP contribution in [0.15, 0.2) is 46.2 Å². The number of hydrogen-bond donors (Lipinski definition) is 0. The molecule has 0 spiro atoms. The van der Waals surface area contributed by atoms with Crippen LogP contribution in [-0.4, -0.2) is 32.3 Å². The summed E-state index contributed by atoms with van der Waals surface area (Å²) in [6.07, 6.45) is 6.97. The molecule has 0 amide bonds. The molecule has 7 nitrogen and oxygen atoms in total. The Morgan fingerprint density at radius 2 is 1.85 bits per heavy atom. The van der Waals surface area contributed by atoms with Crippen LogP contribution in [0.3, 0.4) is 0 Å². The van der Waals surface area contributed by atoms with E-state index in [-0.39, 0.29) is 17.7 Å². The van der Waals surface area contributed by atoms with Gasteiger partial charge >= 0.3 is 0 Å². The smallest absolute Gasteiger partial charge is 0.269 e. The molecule has 134 valence electrons. The summed E-state index contributed by atoms with van der Waals surface area (Å²) in [5, 5.41) is 4.29. The van der Waals surface area contributed by atoms with Crippen molar-refractivity contribution in [1.29, 1.82) is 0 Å². The van der Waals surface area contributed by atoms with Gasteiger partial charge in [-0.25, -0.2) is 9.67 Å². The van der Waals surface area contributed by atoms with Gasteiger partial charge in [0.2, 0.25) is 0 Å². The molecule has 0 saturated carbocycles. The minimum atomic E-state index is -0.181. The van der Waals surface area contributed by atoms with Crippen LogP contribution >= 0.6 is 0 Å². The number of pyridine rings is 1. The van der Waals surface area contributed by atoms with Crippen molar-refractivity contribution in [2.45, 2.75) is 32.7 Å². The fraction of sp³-hybridized carbons (Fsp3) is 0.368. The maximum Gasteiger partial charge on any atom is 0.269 e. The number of rotatable bonds is 3. The van der Waals surface area contributed by atoms with Crippen LogP contribution < -0.4 is 16.0 Å². The highest BCUT2D eigenvalue weighted by molar-refractivity contribution is 5.43. The van der Waals surface area contributed by atoms with Crippen LogP contribution in [-0.2, 0) is 6.54 Å². The number of anilines is 1. The van der Waals surface area contributed by atoms with E-state index in [1.54, 1.807) is 18.5 Å². The van der Waals surface area contributed by atoms with Crippen LogP contribution in [0.2, 0.25) is 0 Å². The molecule has 1 aliphatic rings. The van der Waals surface area contributed by atoms with Crippen LogP contribution in [0.4, 0.5) is 5.69 Å². The molecule has 7 heteroatoms. The van der Waals surface area contributed by atoms with Crippen molar-refractivity contribution in [1.82, 2.24) is 19.2 Å². The molecule has 4 rings (SSSR count). The Hall–Kier alpha value is -2.96. The van der Waals surface area contributed by atoms with Gasteiger partial charge < -0.3 is 4.90 Å². The average Bonchev–Trinajstić information content (AvgIpc) is 2.64. The van der Waals surface area contributed by atoms with Crippen molar-refractivity contribution >= 4 is 11.3 Å². The number of hydrogen-bond acceptors (Lipinski definition) is 5. The van der Waals surface area contributed by atoms with Crippen molar-refractivity contribution in [3.05, 3.63) is 68.6 Å². The lowest BCUT2D eigenvalue weighted by molar-refractivity contribution is 0.570. The van der Waals surface area contributed by atoms with Gasteiger partial charge in [-0.15, -0.1) is 0 Å². The Balaban J connectivity index is 1.64. The molecular weight excluding hydrogens is 330 g/mol. The first-order valence-electron chi connectivity index (χ1n) is 8.91. The summed E-state index contributed by atoms with van der Waals surface area (Å²) in [5.74, 6) is 0. The monoisotopic (exact) mass is 351 g/mol. The number of aryl methyl sites for hydroxylation is 1. The van der Waals surface area contributed by atoms with Gasteiger partial charge in [-0.3, -0.25) is 14.0 Å². The SMILES string of the molecule is Cc1ccn2c(=O)cc(Cn3ncc(N4CCCCC4)cc3=O)nc2c1. The molecule has 0 aromatic carbocycles. The highest BCUT2D eigenvalue weighted by Gasteiger charge is 2.13. The molecule has 0 N–H and O–H groups in total.